The summed E-state index contributed by atoms with van der Waals surface area (Å²) < 4.78 is 61.5. The number of ether oxygens (including phenoxy) is 9. The van der Waals surface area contributed by atoms with E-state index in [4.69, 9.17) is 51.7 Å². The van der Waals surface area contributed by atoms with Crippen molar-refractivity contribution in [3.8, 4) is 0 Å². The molecule has 3 fully saturated rings. The number of nitrogens with one attached hydrogen (secondary N) is 5. The largest absolute Gasteiger partial charge is 0.394 e. The Kier molecular flexibility index (Phi) is 34.5. The van der Waals surface area contributed by atoms with E-state index in [0.29, 0.717) is 12.8 Å². The Morgan fingerprint density at radius 2 is 0.854 bits per heavy atom. The van der Waals surface area contributed by atoms with Crippen molar-refractivity contribution in [3.05, 3.63) is 0 Å². The molecule has 82 heavy (non-hydrogen) atoms. The second-order valence-corrected chi connectivity index (χ2v) is 22.3. The van der Waals surface area contributed by atoms with Crippen molar-refractivity contribution in [2.45, 2.75) is 145 Å². The zero-order chi connectivity index (χ0) is 60.8. The van der Waals surface area contributed by atoms with E-state index in [-0.39, 0.29) is 91.5 Å². The van der Waals surface area contributed by atoms with Crippen molar-refractivity contribution < 1.29 is 127 Å². The van der Waals surface area contributed by atoms with Crippen molar-refractivity contribution in [2.75, 3.05) is 119 Å². The molecule has 0 spiro atoms. The van der Waals surface area contributed by atoms with Gasteiger partial charge >= 0.3 is 0 Å². The van der Waals surface area contributed by atoms with Crippen molar-refractivity contribution >= 4 is 43.4 Å². The lowest BCUT2D eigenvalue weighted by Crippen LogP contribution is -2.59. The van der Waals surface area contributed by atoms with E-state index in [0.717, 1.165) is 0 Å². The number of carbonyl (C=O) groups is 5. The summed E-state index contributed by atoms with van der Waals surface area (Å²) in [6.07, 6.45) is -9.74. The van der Waals surface area contributed by atoms with Crippen molar-refractivity contribution in [3.63, 3.8) is 0 Å². The topological polar surface area (TPSA) is 449 Å². The van der Waals surface area contributed by atoms with Gasteiger partial charge in [0, 0.05) is 63.9 Å². The molecule has 5 amide bonds. The maximum absolute atomic E-state index is 13.6. The lowest BCUT2D eigenvalue weighted by molar-refractivity contribution is -0.282. The van der Waals surface area contributed by atoms with Crippen molar-refractivity contribution in [1.29, 1.82) is 0 Å². The molecule has 3 aliphatic heterocycles. The molecule has 0 aromatic rings. The van der Waals surface area contributed by atoms with Gasteiger partial charge in [-0.1, -0.05) is 20.8 Å². The number of hydrogen-bond acceptors (Lipinski definition) is 26. The minimum absolute atomic E-state index is 0.0134. The van der Waals surface area contributed by atoms with Gasteiger partial charge in [0.15, 0.2) is 18.9 Å². The second-order valence-electron chi connectivity index (χ2n) is 20.4. The molecule has 3 heterocycles. The minimum atomic E-state index is -3.26. The van der Waals surface area contributed by atoms with Crippen LogP contribution < -0.4 is 26.6 Å². The third-order valence-electron chi connectivity index (χ3n) is 13.6. The minimum Gasteiger partial charge on any atom is -0.394 e. The Labute approximate surface area is 477 Å². The first-order valence-electron chi connectivity index (χ1n) is 27.5. The molecule has 3 saturated heterocycles. The van der Waals surface area contributed by atoms with Crippen LogP contribution in [0.25, 0.3) is 0 Å². The summed E-state index contributed by atoms with van der Waals surface area (Å²) in [7, 11) is -2.03. The molecule has 0 aromatic carbocycles. The van der Waals surface area contributed by atoms with Gasteiger partial charge < -0.3 is 129 Å². The fourth-order valence-corrected chi connectivity index (χ4v) is 9.02. The van der Waals surface area contributed by atoms with E-state index in [2.05, 4.69) is 32.9 Å². The molecule has 0 aliphatic carbocycles. The highest BCUT2D eigenvalue weighted by atomic mass is 31.2. The van der Waals surface area contributed by atoms with Crippen LogP contribution in [0.15, 0.2) is 0 Å². The van der Waals surface area contributed by atoms with Crippen LogP contribution in [0.4, 0.5) is 0 Å². The molecular formula is C50H92N5O26P. The van der Waals surface area contributed by atoms with Gasteiger partial charge in [-0.25, -0.2) is 0 Å². The van der Waals surface area contributed by atoms with E-state index in [1.807, 2.05) is 0 Å². The van der Waals surface area contributed by atoms with Crippen LogP contribution in [0, 0.1) is 17.8 Å². The summed E-state index contributed by atoms with van der Waals surface area (Å²) in [6.45, 7) is 1.77. The van der Waals surface area contributed by atoms with Gasteiger partial charge in [-0.3, -0.25) is 24.0 Å². The summed E-state index contributed by atoms with van der Waals surface area (Å²) in [5, 5.41) is 103. The Balaban J connectivity index is 1.63. The third-order valence-corrected chi connectivity index (χ3v) is 14.8. The highest BCUT2D eigenvalue weighted by Gasteiger charge is 2.45. The predicted molar refractivity (Wildman–Crippen MR) is 286 cm³/mol. The maximum atomic E-state index is 13.6. The van der Waals surface area contributed by atoms with Crippen LogP contribution >= 0.6 is 7.57 Å². The van der Waals surface area contributed by atoms with E-state index < -0.39 is 187 Å². The fourth-order valence-electron chi connectivity index (χ4n) is 8.50. The Bertz CT molecular complexity index is 1850. The number of rotatable bonds is 41. The molecule has 0 radical (unpaired) electrons. The molecule has 7 unspecified atom stereocenters. The average Bonchev–Trinajstić information content (AvgIpc) is 3.59. The van der Waals surface area contributed by atoms with E-state index in [1.165, 1.54) is 7.11 Å². The normalized spacial score (nSPS) is 29.9. The van der Waals surface area contributed by atoms with Gasteiger partial charge in [0.2, 0.25) is 37.1 Å². The van der Waals surface area contributed by atoms with Gasteiger partial charge in [-0.2, -0.15) is 0 Å². The van der Waals surface area contributed by atoms with E-state index in [1.54, 1.807) is 20.8 Å². The predicted octanol–water partition coefficient (Wildman–Crippen LogP) is -5.79. The number of aliphatic hydroxyl groups excluding tert-OH is 9. The first-order chi connectivity index (χ1) is 39.0. The summed E-state index contributed by atoms with van der Waals surface area (Å²) in [5.41, 5.74) is -1.65. The highest BCUT2D eigenvalue weighted by molar-refractivity contribution is 7.58. The van der Waals surface area contributed by atoms with Gasteiger partial charge in [0.25, 0.3) is 0 Å². The third kappa shape index (κ3) is 25.8. The molecule has 32 heteroatoms. The Morgan fingerprint density at radius 1 is 0.500 bits per heavy atom. The Morgan fingerprint density at radius 3 is 1.23 bits per heavy atom. The molecule has 31 nitrogen and oxygen atoms in total. The molecule has 0 aromatic heterocycles. The van der Waals surface area contributed by atoms with Crippen LogP contribution in [0.3, 0.4) is 0 Å². The smallest absolute Gasteiger partial charge is 0.247 e. The van der Waals surface area contributed by atoms with Crippen molar-refractivity contribution in [1.82, 2.24) is 26.6 Å². The van der Waals surface area contributed by atoms with Crippen LogP contribution in [0.2, 0.25) is 0 Å². The molecular weight excluding hydrogens is 1120 g/mol. The summed E-state index contributed by atoms with van der Waals surface area (Å²) in [4.78, 5) is 75.2. The lowest BCUT2D eigenvalue weighted by Gasteiger charge is -2.40. The van der Waals surface area contributed by atoms with Crippen LogP contribution in [0.5, 0.6) is 0 Å². The van der Waals surface area contributed by atoms with Crippen molar-refractivity contribution in [2.24, 2.45) is 17.8 Å². The average molecular weight is 1210 g/mol. The zero-order valence-electron chi connectivity index (χ0n) is 47.3. The zero-order valence-corrected chi connectivity index (χ0v) is 48.2. The van der Waals surface area contributed by atoms with Crippen LogP contribution in [0.1, 0.15) is 65.7 Å². The Hall–Kier alpha value is -3.19. The summed E-state index contributed by atoms with van der Waals surface area (Å²) in [6, 6.07) is 0. The summed E-state index contributed by atoms with van der Waals surface area (Å²) >= 11 is 0. The molecule has 478 valence electrons. The first kappa shape index (κ1) is 73.1. The van der Waals surface area contributed by atoms with Gasteiger partial charge in [-0.05, 0) is 32.0 Å². The van der Waals surface area contributed by atoms with Gasteiger partial charge in [-0.15, -0.1) is 0 Å². The molecule has 3 rings (SSSR count). The SMILES string of the molecule is C=P(O)(OC)OCCCNC(=O)CC(=O)NC(COCCC(=O)NCCCO[C@@H]1OC(CO)[C@H](O)[C@H](O)C1C)(COCCC(=O)NCCCO[C@@H]1OC(CO)[C@H](O)[C@H](O)C1C)COCC(=O)NCCCO[C@@H]1OC(CO)[C@H](O)[C@H](O)C1C. The molecule has 3 aliphatic rings. The first-order valence-corrected chi connectivity index (χ1v) is 29.3. The maximum Gasteiger partial charge on any atom is 0.247 e. The molecule has 15 N–H and O–H groups in total. The second kappa shape index (κ2) is 38.8. The fraction of sp³-hybridized carbons (Fsp3) is 0.880. The van der Waals surface area contributed by atoms with Crippen LogP contribution in [-0.2, 0) is 75.7 Å². The highest BCUT2D eigenvalue weighted by Crippen LogP contribution is 2.41. The molecule has 0 bridgehead atoms. The summed E-state index contributed by atoms with van der Waals surface area (Å²) in [5.74, 6) is -4.78. The number of hydrogen-bond donors (Lipinski definition) is 15. The van der Waals surface area contributed by atoms with Crippen LogP contribution in [-0.4, -0.2) is 285 Å². The van der Waals surface area contributed by atoms with Gasteiger partial charge in [0.1, 0.15) is 55.2 Å². The standard InChI is InChI=1S/C50H92N5O26P/c1-30-41(64)44(67)33(23-56)79-47(30)75-16-6-12-51-36(59)10-20-72-27-50(55-39(62)22-38(61)53-15-9-19-78-82(5,70)71-4,29-74-26-40(63)54-14-8-18-77-49-32(3)43(66)46(69)35(25-58)81-49)28-73-21-11-37(60)52-13-7-17-76-48-31(2)42(65)45(68)34(24-57)80-48/h30-35,41-49,56-58,64-70H,5-29H2,1-4H3,(H,51,59)(H,52,60)(H,53,61)(H,54,63)(H,55,62)/t30?,31?,32?,33?,34?,35?,41-,42-,43-,44+,45+,46+,47-,48-,49-,50?,82?/m1/s1. The monoisotopic (exact) mass is 1210 g/mol. The van der Waals surface area contributed by atoms with E-state index >= 15 is 0 Å². The lowest BCUT2D eigenvalue weighted by atomic mass is 9.92. The quantitative estimate of drug-likeness (QED) is 0.0154. The molecule has 16 atom stereocenters. The van der Waals surface area contributed by atoms with E-state index in [9.17, 15) is 74.8 Å². The number of aliphatic hydroxyl groups is 9. The molecule has 0 saturated carbocycles. The number of carbonyl (C=O) groups excluding carboxylic acids is 5. The number of amides is 5. The van der Waals surface area contributed by atoms with Gasteiger partial charge in [0.05, 0.1) is 97.6 Å².